The van der Waals surface area contributed by atoms with Crippen LogP contribution in [0.25, 0.3) is 0 Å². The summed E-state index contributed by atoms with van der Waals surface area (Å²) < 4.78 is 5.08. The maximum Gasteiger partial charge on any atom is 0.243 e. The van der Waals surface area contributed by atoms with Gasteiger partial charge in [0.05, 0.1) is 19.3 Å². The van der Waals surface area contributed by atoms with Gasteiger partial charge in [-0.25, -0.2) is 0 Å². The number of anilines is 2. The number of methoxy groups -OCH3 is 1. The van der Waals surface area contributed by atoms with Crippen molar-refractivity contribution in [1.29, 1.82) is 0 Å². The monoisotopic (exact) mass is 305 g/mol. The first kappa shape index (κ1) is 16.1. The number of hydrogen-bond donors (Lipinski definition) is 2. The van der Waals surface area contributed by atoms with Crippen LogP contribution in [-0.2, 0) is 9.59 Å². The third kappa shape index (κ3) is 4.38. The molecule has 1 aromatic rings. The highest BCUT2D eigenvalue weighted by Crippen LogP contribution is 2.24. The van der Waals surface area contributed by atoms with Gasteiger partial charge in [0.2, 0.25) is 11.8 Å². The van der Waals surface area contributed by atoms with E-state index in [1.54, 1.807) is 23.1 Å². The van der Waals surface area contributed by atoms with E-state index in [-0.39, 0.29) is 18.4 Å². The quantitative estimate of drug-likeness (QED) is 0.833. The van der Waals surface area contributed by atoms with Crippen LogP contribution in [0.2, 0.25) is 0 Å². The number of amides is 2. The average molecular weight is 305 g/mol. The molecule has 6 nitrogen and oxygen atoms in total. The molecule has 0 bridgehead atoms. The van der Waals surface area contributed by atoms with Gasteiger partial charge < -0.3 is 20.7 Å². The molecule has 0 unspecified atom stereocenters. The van der Waals surface area contributed by atoms with Crippen molar-refractivity contribution in [3.8, 4) is 5.75 Å². The van der Waals surface area contributed by atoms with Crippen molar-refractivity contribution in [3.05, 3.63) is 18.2 Å². The molecule has 3 N–H and O–H groups in total. The number of nitrogen functional groups attached to an aromatic ring is 1. The van der Waals surface area contributed by atoms with Gasteiger partial charge >= 0.3 is 0 Å². The lowest BCUT2D eigenvalue weighted by Gasteiger charge is -2.24. The minimum atomic E-state index is -0.210. The van der Waals surface area contributed by atoms with Gasteiger partial charge in [-0.15, -0.1) is 0 Å². The van der Waals surface area contributed by atoms with Crippen LogP contribution < -0.4 is 15.8 Å². The number of carbonyl (C=O) groups is 2. The molecule has 1 aromatic carbocycles. The number of rotatable bonds is 4. The van der Waals surface area contributed by atoms with Gasteiger partial charge in [0.1, 0.15) is 5.75 Å². The molecule has 0 radical (unpaired) electrons. The second kappa shape index (κ2) is 7.68. The van der Waals surface area contributed by atoms with Crippen molar-refractivity contribution >= 4 is 23.2 Å². The SMILES string of the molecule is COc1ccc(NC(=O)CN2CCCCCCC2=O)cc1N. The Morgan fingerprint density at radius 2 is 2.09 bits per heavy atom. The topological polar surface area (TPSA) is 84.7 Å². The van der Waals surface area contributed by atoms with Crippen molar-refractivity contribution in [3.63, 3.8) is 0 Å². The maximum absolute atomic E-state index is 12.1. The fraction of sp³-hybridized carbons (Fsp3) is 0.500. The smallest absolute Gasteiger partial charge is 0.243 e. The summed E-state index contributed by atoms with van der Waals surface area (Å²) in [6.07, 6.45) is 4.60. The predicted molar refractivity (Wildman–Crippen MR) is 85.7 cm³/mol. The molecule has 2 rings (SSSR count). The van der Waals surface area contributed by atoms with Crippen molar-refractivity contribution in [1.82, 2.24) is 4.90 Å². The summed E-state index contributed by atoms with van der Waals surface area (Å²) in [4.78, 5) is 25.8. The first-order valence-corrected chi connectivity index (χ1v) is 7.61. The van der Waals surface area contributed by atoms with Gasteiger partial charge in [0, 0.05) is 18.7 Å². The van der Waals surface area contributed by atoms with Crippen LogP contribution in [0.15, 0.2) is 18.2 Å². The highest BCUT2D eigenvalue weighted by Gasteiger charge is 2.18. The summed E-state index contributed by atoms with van der Waals surface area (Å²) in [5.41, 5.74) is 6.87. The molecule has 1 saturated heterocycles. The van der Waals surface area contributed by atoms with Gasteiger partial charge in [0.15, 0.2) is 0 Å². The van der Waals surface area contributed by atoms with Crippen molar-refractivity contribution < 1.29 is 14.3 Å². The summed E-state index contributed by atoms with van der Waals surface area (Å²) in [6, 6.07) is 5.07. The molecule has 1 fully saturated rings. The lowest BCUT2D eigenvalue weighted by atomic mass is 10.1. The number of likely N-dealkylation sites (tertiary alicyclic amines) is 1. The number of benzene rings is 1. The van der Waals surface area contributed by atoms with Crippen LogP contribution >= 0.6 is 0 Å². The molecule has 1 aliphatic rings. The summed E-state index contributed by atoms with van der Waals surface area (Å²) in [5, 5.41) is 2.77. The largest absolute Gasteiger partial charge is 0.495 e. The molecule has 0 spiro atoms. The first-order valence-electron chi connectivity index (χ1n) is 7.61. The van der Waals surface area contributed by atoms with Crippen LogP contribution in [0.3, 0.4) is 0 Å². The number of carbonyl (C=O) groups excluding carboxylic acids is 2. The zero-order valence-corrected chi connectivity index (χ0v) is 12.9. The maximum atomic E-state index is 12.1. The minimum Gasteiger partial charge on any atom is -0.495 e. The summed E-state index contributed by atoms with van der Waals surface area (Å²) >= 11 is 0. The Balaban J connectivity index is 1.93. The standard InChI is InChI=1S/C16H23N3O3/c1-22-14-8-7-12(10-13(14)17)18-15(20)11-19-9-5-3-2-4-6-16(19)21/h7-8,10H,2-6,9,11,17H2,1H3,(H,18,20). The third-order valence-electron chi connectivity index (χ3n) is 3.77. The number of hydrogen-bond acceptors (Lipinski definition) is 4. The summed E-state index contributed by atoms with van der Waals surface area (Å²) in [6.45, 7) is 0.738. The fourth-order valence-corrected chi connectivity index (χ4v) is 2.57. The van der Waals surface area contributed by atoms with E-state index in [2.05, 4.69) is 5.32 Å². The van der Waals surface area contributed by atoms with Gasteiger partial charge in [-0.2, -0.15) is 0 Å². The molecule has 6 heteroatoms. The number of nitrogens with one attached hydrogen (secondary N) is 1. The normalized spacial score (nSPS) is 15.9. The highest BCUT2D eigenvalue weighted by atomic mass is 16.5. The van der Waals surface area contributed by atoms with E-state index in [4.69, 9.17) is 10.5 Å². The second-order valence-electron chi connectivity index (χ2n) is 5.48. The molecular formula is C16H23N3O3. The summed E-state index contributed by atoms with van der Waals surface area (Å²) in [5.74, 6) is 0.416. The molecule has 0 aliphatic carbocycles. The number of ether oxygens (including phenoxy) is 1. The summed E-state index contributed by atoms with van der Waals surface area (Å²) in [7, 11) is 1.54. The Morgan fingerprint density at radius 3 is 2.82 bits per heavy atom. The Kier molecular flexibility index (Phi) is 5.63. The molecule has 2 amide bonds. The zero-order chi connectivity index (χ0) is 15.9. The fourth-order valence-electron chi connectivity index (χ4n) is 2.57. The molecule has 0 saturated carbocycles. The van der Waals surface area contributed by atoms with Gasteiger partial charge in [-0.05, 0) is 31.0 Å². The molecule has 1 heterocycles. The van der Waals surface area contributed by atoms with Crippen LogP contribution in [0.4, 0.5) is 11.4 Å². The van der Waals surface area contributed by atoms with Crippen LogP contribution in [0, 0.1) is 0 Å². The van der Waals surface area contributed by atoms with Crippen LogP contribution in [0.1, 0.15) is 32.1 Å². The molecule has 1 aliphatic heterocycles. The average Bonchev–Trinajstić information content (AvgIpc) is 2.47. The van der Waals surface area contributed by atoms with Gasteiger partial charge in [0.25, 0.3) is 0 Å². The third-order valence-corrected chi connectivity index (χ3v) is 3.77. The molecule has 22 heavy (non-hydrogen) atoms. The Morgan fingerprint density at radius 1 is 1.32 bits per heavy atom. The van der Waals surface area contributed by atoms with E-state index >= 15 is 0 Å². The van der Waals surface area contributed by atoms with E-state index < -0.39 is 0 Å². The van der Waals surface area contributed by atoms with Crippen molar-refractivity contribution in [2.24, 2.45) is 0 Å². The molecular weight excluding hydrogens is 282 g/mol. The Labute approximate surface area is 130 Å². The molecule has 0 aromatic heterocycles. The zero-order valence-electron chi connectivity index (χ0n) is 12.9. The van der Waals surface area contributed by atoms with E-state index in [0.717, 1.165) is 25.7 Å². The predicted octanol–water partition coefficient (Wildman–Crippen LogP) is 2.01. The lowest BCUT2D eigenvalue weighted by Crippen LogP contribution is -2.39. The van der Waals surface area contributed by atoms with Crippen LogP contribution in [-0.4, -0.2) is 36.9 Å². The Hall–Kier alpha value is -2.24. The van der Waals surface area contributed by atoms with E-state index in [1.165, 1.54) is 7.11 Å². The van der Waals surface area contributed by atoms with Gasteiger partial charge in [-0.3, -0.25) is 9.59 Å². The van der Waals surface area contributed by atoms with Gasteiger partial charge in [-0.1, -0.05) is 12.8 Å². The van der Waals surface area contributed by atoms with E-state index in [9.17, 15) is 9.59 Å². The number of nitrogens with zero attached hydrogens (tertiary/aromatic N) is 1. The minimum absolute atomic E-state index is 0.0593. The molecule has 120 valence electrons. The highest BCUT2D eigenvalue weighted by molar-refractivity contribution is 5.95. The second-order valence-corrected chi connectivity index (χ2v) is 5.48. The van der Waals surface area contributed by atoms with Crippen molar-refractivity contribution in [2.75, 3.05) is 31.2 Å². The number of nitrogens with two attached hydrogens (primary N) is 1. The Bertz CT molecular complexity index is 545. The van der Waals surface area contributed by atoms with Crippen LogP contribution in [0.5, 0.6) is 5.75 Å². The van der Waals surface area contributed by atoms with Crippen molar-refractivity contribution in [2.45, 2.75) is 32.1 Å². The lowest BCUT2D eigenvalue weighted by molar-refractivity contribution is -0.135. The first-order chi connectivity index (χ1) is 10.6. The van der Waals surface area contributed by atoms with E-state index in [1.807, 2.05) is 0 Å². The molecule has 0 atom stereocenters. The van der Waals surface area contributed by atoms with E-state index in [0.29, 0.717) is 30.1 Å².